The number of carboxylic acids is 1. The minimum Gasteiger partial charge on any atom is -0.478 e. The third kappa shape index (κ3) is 6.76. The van der Waals surface area contributed by atoms with Crippen LogP contribution in [0.25, 0.3) is 0 Å². The average molecular weight is 455 g/mol. The molecule has 0 amide bonds. The van der Waals surface area contributed by atoms with Gasteiger partial charge >= 0.3 is 5.97 Å². The first-order valence-electron chi connectivity index (χ1n) is 10.2. The van der Waals surface area contributed by atoms with Crippen LogP contribution in [0, 0.1) is 13.8 Å². The highest BCUT2D eigenvalue weighted by Crippen LogP contribution is 2.37. The molecule has 3 aromatic rings. The number of anilines is 1. The van der Waals surface area contributed by atoms with Gasteiger partial charge in [0.15, 0.2) is 0 Å². The number of piperazine rings is 1. The van der Waals surface area contributed by atoms with E-state index in [2.05, 4.69) is 66.5 Å². The molecule has 0 atom stereocenters. The van der Waals surface area contributed by atoms with Gasteiger partial charge in [-0.3, -0.25) is 0 Å². The standard InChI is InChI=1S/C18H22N2S.C7H5ClO2/c1-14-7-8-17(15(2)13-14)21-18-6-4-3-5-16(18)20-11-9-19-10-12-20;8-6-3-1-5(2-4-6)7(9)10/h3-8,13,19H,9-12H2,1-2H3;1-4H,(H,9,10). The monoisotopic (exact) mass is 454 g/mol. The van der Waals surface area contributed by atoms with Gasteiger partial charge in [0.05, 0.1) is 11.3 Å². The largest absolute Gasteiger partial charge is 0.478 e. The molecule has 162 valence electrons. The van der Waals surface area contributed by atoms with Gasteiger partial charge in [-0.25, -0.2) is 4.79 Å². The molecule has 1 fully saturated rings. The van der Waals surface area contributed by atoms with E-state index in [0.29, 0.717) is 5.02 Å². The molecule has 31 heavy (non-hydrogen) atoms. The summed E-state index contributed by atoms with van der Waals surface area (Å²) in [5.41, 5.74) is 4.30. The number of hydrogen-bond acceptors (Lipinski definition) is 4. The van der Waals surface area contributed by atoms with Crippen molar-refractivity contribution in [3.8, 4) is 0 Å². The maximum absolute atomic E-state index is 10.3. The number of rotatable bonds is 4. The van der Waals surface area contributed by atoms with Gasteiger partial charge in [0, 0.05) is 41.0 Å². The van der Waals surface area contributed by atoms with Crippen molar-refractivity contribution in [3.05, 3.63) is 88.4 Å². The van der Waals surface area contributed by atoms with Crippen molar-refractivity contribution in [2.75, 3.05) is 31.1 Å². The highest BCUT2D eigenvalue weighted by Gasteiger charge is 2.14. The number of aryl methyl sites for hydroxylation is 2. The van der Waals surface area contributed by atoms with Gasteiger partial charge in [0.25, 0.3) is 0 Å². The van der Waals surface area contributed by atoms with E-state index >= 15 is 0 Å². The van der Waals surface area contributed by atoms with E-state index in [9.17, 15) is 4.79 Å². The summed E-state index contributed by atoms with van der Waals surface area (Å²) in [6.45, 7) is 8.67. The zero-order valence-corrected chi connectivity index (χ0v) is 19.3. The van der Waals surface area contributed by atoms with Crippen LogP contribution in [0.5, 0.6) is 0 Å². The van der Waals surface area contributed by atoms with Gasteiger partial charge in [0.2, 0.25) is 0 Å². The molecular formula is C25H27ClN2O2S. The van der Waals surface area contributed by atoms with E-state index in [1.54, 1.807) is 12.1 Å². The fourth-order valence-electron chi connectivity index (χ4n) is 3.34. The first-order valence-corrected chi connectivity index (χ1v) is 11.4. The van der Waals surface area contributed by atoms with Gasteiger partial charge in [-0.2, -0.15) is 0 Å². The van der Waals surface area contributed by atoms with Crippen LogP contribution in [0.4, 0.5) is 5.69 Å². The summed E-state index contributed by atoms with van der Waals surface area (Å²) in [6, 6.07) is 21.5. The van der Waals surface area contributed by atoms with Gasteiger partial charge in [-0.05, 0) is 61.9 Å². The molecule has 3 aromatic carbocycles. The summed E-state index contributed by atoms with van der Waals surface area (Å²) >= 11 is 7.40. The Hall–Kier alpha value is -2.47. The Bertz CT molecular complexity index is 1020. The Morgan fingerprint density at radius 1 is 0.968 bits per heavy atom. The second kappa shape index (κ2) is 11.2. The lowest BCUT2D eigenvalue weighted by Gasteiger charge is -2.31. The summed E-state index contributed by atoms with van der Waals surface area (Å²) in [7, 11) is 0. The van der Waals surface area contributed by atoms with Crippen LogP contribution in [-0.2, 0) is 0 Å². The molecular weight excluding hydrogens is 428 g/mol. The molecule has 0 spiro atoms. The molecule has 1 saturated heterocycles. The fourth-order valence-corrected chi connectivity index (χ4v) is 4.50. The number of para-hydroxylation sites is 1. The van der Waals surface area contributed by atoms with Gasteiger partial charge in [-0.15, -0.1) is 0 Å². The maximum atomic E-state index is 10.3. The van der Waals surface area contributed by atoms with E-state index in [4.69, 9.17) is 16.7 Å². The highest BCUT2D eigenvalue weighted by atomic mass is 35.5. The van der Waals surface area contributed by atoms with E-state index in [1.165, 1.54) is 38.7 Å². The predicted octanol–water partition coefficient (Wildman–Crippen LogP) is 5.90. The van der Waals surface area contributed by atoms with Crippen LogP contribution in [0.15, 0.2) is 76.5 Å². The van der Waals surface area contributed by atoms with Gasteiger partial charge in [0.1, 0.15) is 0 Å². The van der Waals surface area contributed by atoms with E-state index < -0.39 is 5.97 Å². The zero-order chi connectivity index (χ0) is 22.2. The average Bonchev–Trinajstić information content (AvgIpc) is 2.77. The molecule has 1 heterocycles. The summed E-state index contributed by atoms with van der Waals surface area (Å²) in [4.78, 5) is 15.5. The van der Waals surface area contributed by atoms with Crippen molar-refractivity contribution in [1.29, 1.82) is 0 Å². The molecule has 0 unspecified atom stereocenters. The predicted molar refractivity (Wildman–Crippen MR) is 130 cm³/mol. The normalized spacial score (nSPS) is 13.3. The molecule has 0 radical (unpaired) electrons. The summed E-state index contributed by atoms with van der Waals surface area (Å²) in [6.07, 6.45) is 0. The molecule has 2 N–H and O–H groups in total. The Morgan fingerprint density at radius 3 is 2.29 bits per heavy atom. The first-order chi connectivity index (χ1) is 14.9. The van der Waals surface area contributed by atoms with E-state index in [1.807, 2.05) is 11.8 Å². The minimum absolute atomic E-state index is 0.254. The van der Waals surface area contributed by atoms with Crippen molar-refractivity contribution in [3.63, 3.8) is 0 Å². The highest BCUT2D eigenvalue weighted by molar-refractivity contribution is 7.99. The lowest BCUT2D eigenvalue weighted by Crippen LogP contribution is -2.43. The van der Waals surface area contributed by atoms with Crippen molar-refractivity contribution in [2.45, 2.75) is 23.6 Å². The van der Waals surface area contributed by atoms with E-state index in [-0.39, 0.29) is 5.56 Å². The van der Waals surface area contributed by atoms with Crippen LogP contribution in [0.1, 0.15) is 21.5 Å². The number of carboxylic acid groups (broad SMARTS) is 1. The lowest BCUT2D eigenvalue weighted by atomic mass is 10.2. The Labute approximate surface area is 193 Å². The van der Waals surface area contributed by atoms with Gasteiger partial charge in [-0.1, -0.05) is 53.2 Å². The smallest absolute Gasteiger partial charge is 0.335 e. The second-order valence-electron chi connectivity index (χ2n) is 7.39. The SMILES string of the molecule is Cc1ccc(Sc2ccccc2N2CCNCC2)c(C)c1.O=C(O)c1ccc(Cl)cc1. The molecule has 0 aliphatic carbocycles. The van der Waals surface area contributed by atoms with Crippen LogP contribution in [0.3, 0.4) is 0 Å². The molecule has 4 rings (SSSR count). The molecule has 0 aromatic heterocycles. The van der Waals surface area contributed by atoms with Crippen molar-refractivity contribution in [2.24, 2.45) is 0 Å². The van der Waals surface area contributed by atoms with Gasteiger partial charge < -0.3 is 15.3 Å². The van der Waals surface area contributed by atoms with Crippen molar-refractivity contribution < 1.29 is 9.90 Å². The number of halogens is 1. The second-order valence-corrected chi connectivity index (χ2v) is 8.91. The third-order valence-electron chi connectivity index (χ3n) is 4.96. The molecule has 6 heteroatoms. The minimum atomic E-state index is -0.934. The number of nitrogens with zero attached hydrogens (tertiary/aromatic N) is 1. The lowest BCUT2D eigenvalue weighted by molar-refractivity contribution is 0.0697. The van der Waals surface area contributed by atoms with Crippen LogP contribution in [0.2, 0.25) is 5.02 Å². The molecule has 1 aliphatic rings. The third-order valence-corrected chi connectivity index (χ3v) is 6.46. The first kappa shape index (κ1) is 23.2. The van der Waals surface area contributed by atoms with E-state index in [0.717, 1.165) is 26.2 Å². The maximum Gasteiger partial charge on any atom is 0.335 e. The number of aromatic carboxylic acids is 1. The molecule has 0 bridgehead atoms. The molecule has 1 aliphatic heterocycles. The summed E-state index contributed by atoms with van der Waals surface area (Å²) in [5.74, 6) is -0.934. The zero-order valence-electron chi connectivity index (χ0n) is 17.8. The quantitative estimate of drug-likeness (QED) is 0.513. The van der Waals surface area contributed by atoms with Crippen LogP contribution >= 0.6 is 23.4 Å². The number of hydrogen-bond donors (Lipinski definition) is 2. The fraction of sp³-hybridized carbons (Fsp3) is 0.240. The Morgan fingerprint density at radius 2 is 1.65 bits per heavy atom. The summed E-state index contributed by atoms with van der Waals surface area (Å²) in [5, 5.41) is 12.4. The number of benzene rings is 3. The Balaban J connectivity index is 0.000000229. The topological polar surface area (TPSA) is 52.6 Å². The van der Waals surface area contributed by atoms with Crippen LogP contribution in [-0.4, -0.2) is 37.3 Å². The van der Waals surface area contributed by atoms with Crippen LogP contribution < -0.4 is 10.2 Å². The Kier molecular flexibility index (Phi) is 8.41. The van der Waals surface area contributed by atoms with Crippen molar-refractivity contribution in [1.82, 2.24) is 5.32 Å². The van der Waals surface area contributed by atoms with Crippen molar-refractivity contribution >= 4 is 35.0 Å². The summed E-state index contributed by atoms with van der Waals surface area (Å²) < 4.78 is 0. The number of nitrogens with one attached hydrogen (secondary N) is 1. The molecule has 4 nitrogen and oxygen atoms in total. The molecule has 0 saturated carbocycles. The number of carbonyl (C=O) groups is 1.